The average Bonchev–Trinajstić information content (AvgIpc) is 2.69. The number of hydrogen-bond acceptors (Lipinski definition) is 4. The van der Waals surface area contributed by atoms with E-state index < -0.39 is 0 Å². The van der Waals surface area contributed by atoms with Crippen LogP contribution >= 0.6 is 9.39 Å². The van der Waals surface area contributed by atoms with E-state index in [1.165, 1.54) is 0 Å². The van der Waals surface area contributed by atoms with Crippen LogP contribution in [0.5, 0.6) is 0 Å². The zero-order chi connectivity index (χ0) is 11.0. The molecule has 0 radical (unpaired) electrons. The van der Waals surface area contributed by atoms with Crippen molar-refractivity contribution in [3.05, 3.63) is 12.4 Å². The Kier molecular flexibility index (Phi) is 7.16. The molecule has 2 unspecified atom stereocenters. The second kappa shape index (κ2) is 7.59. The van der Waals surface area contributed by atoms with Gasteiger partial charge in [0.15, 0.2) is 0 Å². The van der Waals surface area contributed by atoms with Gasteiger partial charge in [0.2, 0.25) is 0 Å². The third kappa shape index (κ3) is 4.44. The summed E-state index contributed by atoms with van der Waals surface area (Å²) < 4.78 is 1.61. The van der Waals surface area contributed by atoms with Crippen LogP contribution in [-0.2, 0) is 11.3 Å². The van der Waals surface area contributed by atoms with E-state index in [9.17, 15) is 4.79 Å². The van der Waals surface area contributed by atoms with E-state index in [1.54, 1.807) is 24.0 Å². The van der Waals surface area contributed by atoms with Crippen molar-refractivity contribution in [1.82, 2.24) is 20.1 Å². The first-order valence-corrected chi connectivity index (χ1v) is 5.12. The predicted molar refractivity (Wildman–Crippen MR) is 58.7 cm³/mol. The summed E-state index contributed by atoms with van der Waals surface area (Å²) in [6, 6.07) is -0.211. The third-order valence-corrected chi connectivity index (χ3v) is 1.94. The van der Waals surface area contributed by atoms with Crippen molar-refractivity contribution in [2.45, 2.75) is 33.4 Å². The van der Waals surface area contributed by atoms with Crippen LogP contribution in [0.3, 0.4) is 0 Å². The van der Waals surface area contributed by atoms with E-state index >= 15 is 0 Å². The molecule has 0 aliphatic carbocycles. The van der Waals surface area contributed by atoms with E-state index in [0.717, 1.165) is 0 Å². The summed E-state index contributed by atoms with van der Waals surface area (Å²) in [6.07, 6.45) is 3.30. The molecule has 0 aromatic carbocycles. The Hall–Kier alpha value is -0.800. The quantitative estimate of drug-likeness (QED) is 0.750. The Morgan fingerprint density at radius 1 is 1.64 bits per heavy atom. The predicted octanol–water partition coefficient (Wildman–Crippen LogP) is 0.642. The highest BCUT2D eigenvalue weighted by molar-refractivity contribution is 7.13. The fourth-order valence-electron chi connectivity index (χ4n) is 0.816. The molecule has 1 aromatic rings. The van der Waals surface area contributed by atoms with Gasteiger partial charge in [-0.25, -0.2) is 0 Å². The lowest BCUT2D eigenvalue weighted by molar-refractivity contribution is -0.118. The van der Waals surface area contributed by atoms with Crippen molar-refractivity contribution in [2.75, 3.05) is 0 Å². The van der Waals surface area contributed by atoms with Crippen molar-refractivity contribution in [2.24, 2.45) is 0 Å². The minimum Gasteiger partial charge on any atom is -0.298 e. The average molecular weight is 216 g/mol. The van der Waals surface area contributed by atoms with Gasteiger partial charge in [-0.2, -0.15) is 0 Å². The van der Waals surface area contributed by atoms with E-state index in [0.29, 0.717) is 6.54 Å². The molecule has 1 N–H and O–H groups in total. The van der Waals surface area contributed by atoms with Crippen LogP contribution < -0.4 is 5.09 Å². The molecule has 1 heterocycles. The molecule has 1 rings (SSSR count). The van der Waals surface area contributed by atoms with E-state index in [4.69, 9.17) is 0 Å². The van der Waals surface area contributed by atoms with Gasteiger partial charge in [-0.1, -0.05) is 28.5 Å². The van der Waals surface area contributed by atoms with Crippen LogP contribution in [0.25, 0.3) is 0 Å². The van der Waals surface area contributed by atoms with Crippen molar-refractivity contribution >= 4 is 15.2 Å². The Morgan fingerprint density at radius 2 is 2.29 bits per heavy atom. The van der Waals surface area contributed by atoms with Gasteiger partial charge in [0, 0.05) is 6.20 Å². The maximum atomic E-state index is 11.0. The molecule has 0 amide bonds. The Morgan fingerprint density at radius 3 is 2.64 bits per heavy atom. The van der Waals surface area contributed by atoms with E-state index in [1.807, 2.05) is 13.8 Å². The number of ketones is 1. The second-order valence-corrected chi connectivity index (χ2v) is 2.79. The zero-order valence-electron chi connectivity index (χ0n) is 8.77. The summed E-state index contributed by atoms with van der Waals surface area (Å²) in [5.41, 5.74) is 0. The monoisotopic (exact) mass is 216 g/mol. The van der Waals surface area contributed by atoms with Crippen molar-refractivity contribution in [3.63, 3.8) is 0 Å². The van der Waals surface area contributed by atoms with E-state index in [-0.39, 0.29) is 11.8 Å². The molecule has 0 spiro atoms. The minimum atomic E-state index is -0.211. The number of hydrogen-bond donors (Lipinski definition) is 1. The van der Waals surface area contributed by atoms with Crippen molar-refractivity contribution < 1.29 is 4.79 Å². The maximum Gasteiger partial charge on any atom is 0.148 e. The lowest BCUT2D eigenvalue weighted by atomic mass is 10.2. The molecule has 5 nitrogen and oxygen atoms in total. The minimum absolute atomic E-state index is 0.0838. The molecule has 6 heteroatoms. The molecule has 0 aliphatic heterocycles. The van der Waals surface area contributed by atoms with Crippen LogP contribution in [-0.4, -0.2) is 26.8 Å². The van der Waals surface area contributed by atoms with Gasteiger partial charge < -0.3 is 0 Å². The number of carbonyl (C=O) groups is 1. The van der Waals surface area contributed by atoms with E-state index in [2.05, 4.69) is 24.8 Å². The summed E-state index contributed by atoms with van der Waals surface area (Å²) >= 11 is 0. The lowest BCUT2D eigenvalue weighted by Crippen LogP contribution is -2.33. The molecule has 14 heavy (non-hydrogen) atoms. The van der Waals surface area contributed by atoms with Crippen LogP contribution in [0, 0.1) is 0 Å². The Bertz CT molecular complexity index is 250. The molecular weight excluding hydrogens is 199 g/mol. The lowest BCUT2D eigenvalue weighted by Gasteiger charge is -2.10. The number of nitrogens with one attached hydrogen (secondary N) is 1. The van der Waals surface area contributed by atoms with Gasteiger partial charge in [-0.15, -0.1) is 5.10 Å². The molecule has 0 aliphatic rings. The fraction of sp³-hybridized carbons (Fsp3) is 0.625. The van der Waals surface area contributed by atoms with Gasteiger partial charge in [0.25, 0.3) is 0 Å². The summed E-state index contributed by atoms with van der Waals surface area (Å²) in [7, 11) is 2.32. The molecule has 0 fully saturated rings. The number of carbonyl (C=O) groups excluding carboxylic acids is 1. The Labute approximate surface area is 86.5 Å². The van der Waals surface area contributed by atoms with Gasteiger partial charge in [-0.05, 0) is 6.92 Å². The molecule has 80 valence electrons. The summed E-state index contributed by atoms with van der Waals surface area (Å²) in [6.45, 7) is 6.05. The van der Waals surface area contributed by atoms with Crippen LogP contribution in [0.1, 0.15) is 20.8 Å². The summed E-state index contributed by atoms with van der Waals surface area (Å²) in [5.74, 6) is 0.0838. The van der Waals surface area contributed by atoms with Gasteiger partial charge >= 0.3 is 0 Å². The number of nitrogens with zero attached hydrogens (tertiary/aromatic N) is 3. The first kappa shape index (κ1) is 13.2. The highest BCUT2D eigenvalue weighted by Crippen LogP contribution is 1.93. The number of rotatable bonds is 4. The highest BCUT2D eigenvalue weighted by Gasteiger charge is 2.11. The summed E-state index contributed by atoms with van der Waals surface area (Å²) in [4.78, 5) is 11.0. The van der Waals surface area contributed by atoms with Crippen LogP contribution in [0.15, 0.2) is 12.4 Å². The SMILES string of the molecule is CC.CC(=O)C(Cn1ccnn1)NP. The normalized spacial score (nSPS) is 11.4. The largest absolute Gasteiger partial charge is 0.298 e. The maximum absolute atomic E-state index is 11.0. The molecular formula is C8H17N4OP. The first-order valence-electron chi connectivity index (χ1n) is 4.54. The molecule has 0 saturated carbocycles. The smallest absolute Gasteiger partial charge is 0.148 e. The zero-order valence-corrected chi connectivity index (χ0v) is 9.92. The molecule has 2 atom stereocenters. The third-order valence-electron chi connectivity index (χ3n) is 1.53. The number of Topliss-reactive ketones (excluding diaryl/α,β-unsaturated/α-hetero) is 1. The first-order chi connectivity index (χ1) is 6.74. The fourth-order valence-corrected chi connectivity index (χ4v) is 1.16. The molecule has 0 saturated heterocycles. The Balaban J connectivity index is 0.000000791. The van der Waals surface area contributed by atoms with Crippen molar-refractivity contribution in [3.8, 4) is 0 Å². The standard InChI is InChI=1S/C6H11N4OP.C2H6/c1-5(11)6(8-12)4-10-3-2-7-9-10;1-2/h2-3,6,8H,4,12H2,1H3;1-2H3. The van der Waals surface area contributed by atoms with Gasteiger partial charge in [0.1, 0.15) is 5.78 Å². The summed E-state index contributed by atoms with van der Waals surface area (Å²) in [5, 5.41) is 10.2. The molecule has 0 bridgehead atoms. The topological polar surface area (TPSA) is 59.8 Å². The van der Waals surface area contributed by atoms with Gasteiger partial charge in [0.05, 0.1) is 18.8 Å². The van der Waals surface area contributed by atoms with Crippen LogP contribution in [0.2, 0.25) is 0 Å². The number of aromatic nitrogens is 3. The highest BCUT2D eigenvalue weighted by atomic mass is 31.0. The molecule has 1 aromatic heterocycles. The van der Waals surface area contributed by atoms with Crippen molar-refractivity contribution in [1.29, 1.82) is 0 Å². The van der Waals surface area contributed by atoms with Gasteiger partial charge in [-0.3, -0.25) is 14.6 Å². The van der Waals surface area contributed by atoms with Crippen LogP contribution in [0.4, 0.5) is 0 Å². The second-order valence-electron chi connectivity index (χ2n) is 2.45.